The quantitative estimate of drug-likeness (QED) is 0.784. The van der Waals surface area contributed by atoms with E-state index >= 15 is 0 Å². The van der Waals surface area contributed by atoms with E-state index in [-0.39, 0.29) is 5.56 Å². The van der Waals surface area contributed by atoms with E-state index in [1.54, 1.807) is 25.1 Å². The number of ketones is 1. The summed E-state index contributed by atoms with van der Waals surface area (Å²) in [5, 5.41) is 0. The van der Waals surface area contributed by atoms with Crippen LogP contribution in [0.2, 0.25) is 0 Å². The maximum absolute atomic E-state index is 12.7. The predicted octanol–water partition coefficient (Wildman–Crippen LogP) is 4.34. The largest absolute Gasteiger partial charge is 0.494 e. The lowest BCUT2D eigenvalue weighted by Crippen LogP contribution is -2.08. The summed E-state index contributed by atoms with van der Waals surface area (Å²) in [5.74, 6) is 0.0398. The van der Waals surface area contributed by atoms with Gasteiger partial charge in [-0.1, -0.05) is 24.3 Å². The summed E-state index contributed by atoms with van der Waals surface area (Å²) in [5.41, 5.74) is -0.548. The lowest BCUT2D eigenvalue weighted by Gasteiger charge is -2.09. The van der Waals surface area contributed by atoms with Gasteiger partial charge in [-0.25, -0.2) is 0 Å². The van der Waals surface area contributed by atoms with E-state index in [2.05, 4.69) is 0 Å². The third-order valence-electron chi connectivity index (χ3n) is 2.86. The fourth-order valence-corrected chi connectivity index (χ4v) is 1.90. The second-order valence-electron chi connectivity index (χ2n) is 4.37. The number of halogens is 3. The highest BCUT2D eigenvalue weighted by molar-refractivity contribution is 6.09. The molecule has 0 saturated carbocycles. The Bertz CT molecular complexity index is 648. The molecule has 0 aliphatic carbocycles. The molecule has 0 aliphatic heterocycles. The molecular weight excluding hydrogens is 281 g/mol. The van der Waals surface area contributed by atoms with Gasteiger partial charge >= 0.3 is 6.18 Å². The van der Waals surface area contributed by atoms with Crippen LogP contribution >= 0.6 is 0 Å². The lowest BCUT2D eigenvalue weighted by molar-refractivity contribution is -0.137. The molecule has 2 aromatic carbocycles. The van der Waals surface area contributed by atoms with Crippen molar-refractivity contribution in [2.75, 3.05) is 6.61 Å². The van der Waals surface area contributed by atoms with E-state index in [1.165, 1.54) is 18.2 Å². The maximum Gasteiger partial charge on any atom is 0.416 e. The SMILES string of the molecule is CCOc1cccc(C(=O)c2cccc(C(F)(F)F)c2)c1. The van der Waals surface area contributed by atoms with Crippen molar-refractivity contribution in [2.24, 2.45) is 0 Å². The molecule has 0 bridgehead atoms. The van der Waals surface area contributed by atoms with Gasteiger partial charge in [-0.2, -0.15) is 13.2 Å². The molecule has 5 heteroatoms. The Kier molecular flexibility index (Phi) is 4.31. The van der Waals surface area contributed by atoms with E-state index in [4.69, 9.17) is 4.74 Å². The van der Waals surface area contributed by atoms with E-state index in [1.807, 2.05) is 0 Å². The molecule has 2 aromatic rings. The maximum atomic E-state index is 12.7. The lowest BCUT2D eigenvalue weighted by atomic mass is 10.0. The summed E-state index contributed by atoms with van der Waals surface area (Å²) in [6, 6.07) is 10.8. The Morgan fingerprint density at radius 3 is 2.29 bits per heavy atom. The van der Waals surface area contributed by atoms with Crippen molar-refractivity contribution in [3.8, 4) is 5.75 Å². The van der Waals surface area contributed by atoms with Gasteiger partial charge in [0, 0.05) is 11.1 Å². The number of hydrogen-bond donors (Lipinski definition) is 0. The molecule has 0 amide bonds. The van der Waals surface area contributed by atoms with E-state index < -0.39 is 17.5 Å². The smallest absolute Gasteiger partial charge is 0.416 e. The average molecular weight is 294 g/mol. The zero-order valence-electron chi connectivity index (χ0n) is 11.3. The summed E-state index contributed by atoms with van der Waals surface area (Å²) < 4.78 is 43.3. The molecule has 21 heavy (non-hydrogen) atoms. The van der Waals surface area contributed by atoms with Gasteiger partial charge in [-0.15, -0.1) is 0 Å². The fourth-order valence-electron chi connectivity index (χ4n) is 1.90. The Hall–Kier alpha value is -2.30. The van der Waals surface area contributed by atoms with Crippen LogP contribution in [0.1, 0.15) is 28.4 Å². The van der Waals surface area contributed by atoms with Gasteiger partial charge < -0.3 is 4.74 Å². The predicted molar refractivity (Wildman–Crippen MR) is 72.5 cm³/mol. The second-order valence-corrected chi connectivity index (χ2v) is 4.37. The van der Waals surface area contributed by atoms with Crippen LogP contribution in [-0.4, -0.2) is 12.4 Å². The highest BCUT2D eigenvalue weighted by atomic mass is 19.4. The number of alkyl halides is 3. The van der Waals surface area contributed by atoms with Crippen molar-refractivity contribution < 1.29 is 22.7 Å². The zero-order chi connectivity index (χ0) is 15.5. The van der Waals surface area contributed by atoms with Gasteiger partial charge in [0.05, 0.1) is 12.2 Å². The van der Waals surface area contributed by atoms with Crippen molar-refractivity contribution in [3.63, 3.8) is 0 Å². The first kappa shape index (κ1) is 15.1. The molecule has 110 valence electrons. The number of benzene rings is 2. The molecule has 0 spiro atoms. The van der Waals surface area contributed by atoms with Crippen LogP contribution in [0.15, 0.2) is 48.5 Å². The number of hydrogen-bond acceptors (Lipinski definition) is 2. The third kappa shape index (κ3) is 3.62. The van der Waals surface area contributed by atoms with E-state index in [9.17, 15) is 18.0 Å². The molecule has 0 fully saturated rings. The molecule has 0 N–H and O–H groups in total. The monoisotopic (exact) mass is 294 g/mol. The minimum absolute atomic E-state index is 0.00141. The highest BCUT2D eigenvalue weighted by Crippen LogP contribution is 2.30. The molecule has 2 rings (SSSR count). The molecule has 0 aliphatic rings. The topological polar surface area (TPSA) is 26.3 Å². The first-order chi connectivity index (χ1) is 9.91. The van der Waals surface area contributed by atoms with Crippen LogP contribution in [0.5, 0.6) is 5.75 Å². The summed E-state index contributed by atoms with van der Waals surface area (Å²) in [4.78, 5) is 12.3. The first-order valence-electron chi connectivity index (χ1n) is 6.36. The molecule has 0 aromatic heterocycles. The van der Waals surface area contributed by atoms with Crippen LogP contribution < -0.4 is 4.74 Å². The van der Waals surface area contributed by atoms with Crippen LogP contribution in [0, 0.1) is 0 Å². The van der Waals surface area contributed by atoms with Crippen LogP contribution in [0.25, 0.3) is 0 Å². The molecule has 2 nitrogen and oxygen atoms in total. The molecular formula is C16H13F3O2. The van der Waals surface area contributed by atoms with Gasteiger partial charge in [-0.05, 0) is 31.2 Å². The number of rotatable bonds is 4. The molecule has 0 radical (unpaired) electrons. The average Bonchev–Trinajstić information content (AvgIpc) is 2.46. The minimum Gasteiger partial charge on any atom is -0.494 e. The van der Waals surface area contributed by atoms with Gasteiger partial charge in [0.2, 0.25) is 0 Å². The second kappa shape index (κ2) is 5.99. The Labute approximate surface area is 120 Å². The number of carbonyl (C=O) groups excluding carboxylic acids is 1. The van der Waals surface area contributed by atoms with Crippen LogP contribution in [0.3, 0.4) is 0 Å². The van der Waals surface area contributed by atoms with Gasteiger partial charge in [0.15, 0.2) is 5.78 Å². The van der Waals surface area contributed by atoms with Crippen LogP contribution in [0.4, 0.5) is 13.2 Å². The van der Waals surface area contributed by atoms with Crippen molar-refractivity contribution in [1.29, 1.82) is 0 Å². The number of carbonyl (C=O) groups is 1. The summed E-state index contributed by atoms with van der Waals surface area (Å²) in [6.45, 7) is 2.25. The Morgan fingerprint density at radius 1 is 1.05 bits per heavy atom. The highest BCUT2D eigenvalue weighted by Gasteiger charge is 2.30. The van der Waals surface area contributed by atoms with Crippen molar-refractivity contribution >= 4 is 5.78 Å². The summed E-state index contributed by atoms with van der Waals surface area (Å²) in [6.07, 6.45) is -4.47. The summed E-state index contributed by atoms with van der Waals surface area (Å²) in [7, 11) is 0. The Balaban J connectivity index is 2.34. The first-order valence-corrected chi connectivity index (χ1v) is 6.36. The van der Waals surface area contributed by atoms with Crippen LogP contribution in [-0.2, 0) is 6.18 Å². The Morgan fingerprint density at radius 2 is 1.67 bits per heavy atom. The molecule has 0 unspecified atom stereocenters. The van der Waals surface area contributed by atoms with Crippen molar-refractivity contribution in [3.05, 3.63) is 65.2 Å². The third-order valence-corrected chi connectivity index (χ3v) is 2.86. The molecule has 0 saturated heterocycles. The van der Waals surface area contributed by atoms with Gasteiger partial charge in [0.25, 0.3) is 0 Å². The summed E-state index contributed by atoms with van der Waals surface area (Å²) >= 11 is 0. The standard InChI is InChI=1S/C16H13F3O2/c1-2-21-14-8-4-6-12(10-14)15(20)11-5-3-7-13(9-11)16(17,18)19/h3-10H,2H2,1H3. The molecule has 0 atom stereocenters. The molecule has 0 heterocycles. The van der Waals surface area contributed by atoms with E-state index in [0.717, 1.165) is 12.1 Å². The fraction of sp³-hybridized carbons (Fsp3) is 0.188. The minimum atomic E-state index is -4.47. The zero-order valence-corrected chi connectivity index (χ0v) is 11.3. The van der Waals surface area contributed by atoms with Gasteiger partial charge in [0.1, 0.15) is 5.75 Å². The van der Waals surface area contributed by atoms with E-state index in [0.29, 0.717) is 17.9 Å². The van der Waals surface area contributed by atoms with Crippen molar-refractivity contribution in [2.45, 2.75) is 13.1 Å². The normalized spacial score (nSPS) is 11.2. The number of ether oxygens (including phenoxy) is 1. The van der Waals surface area contributed by atoms with Gasteiger partial charge in [-0.3, -0.25) is 4.79 Å². The van der Waals surface area contributed by atoms with Crippen molar-refractivity contribution in [1.82, 2.24) is 0 Å².